The summed E-state index contributed by atoms with van der Waals surface area (Å²) in [5, 5.41) is 3.88. The molecule has 0 bridgehead atoms. The predicted molar refractivity (Wildman–Crippen MR) is 103 cm³/mol. The van der Waals surface area contributed by atoms with Gasteiger partial charge in [-0.25, -0.2) is 8.42 Å². The molecule has 0 saturated heterocycles. The maximum Gasteiger partial charge on any atom is 0.256 e. The SMILES string of the molecule is CC(CNC(=O)C1=CC=CN2CCS(=O)(=O)N=C12)c1c(Cl)cccc1Cl. The summed E-state index contributed by atoms with van der Waals surface area (Å²) in [5.41, 5.74) is 0.973. The number of hydrogen-bond acceptors (Lipinski definition) is 4. The monoisotopic (exact) mass is 413 g/mol. The number of hydrogen-bond donors (Lipinski definition) is 1. The van der Waals surface area contributed by atoms with Gasteiger partial charge in [0, 0.05) is 35.3 Å². The smallest absolute Gasteiger partial charge is 0.256 e. The maximum atomic E-state index is 12.6. The minimum Gasteiger partial charge on any atom is -0.351 e. The molecule has 0 aliphatic carbocycles. The second-order valence-corrected chi connectivity index (χ2v) is 8.63. The van der Waals surface area contributed by atoms with Crippen molar-refractivity contribution in [3.63, 3.8) is 0 Å². The number of nitrogens with one attached hydrogen (secondary N) is 1. The predicted octanol–water partition coefficient (Wildman–Crippen LogP) is 2.71. The molecule has 0 spiro atoms. The largest absolute Gasteiger partial charge is 0.351 e. The second kappa shape index (κ2) is 7.42. The molecule has 0 aromatic heterocycles. The minimum atomic E-state index is -3.55. The molecule has 2 aliphatic heterocycles. The van der Waals surface area contributed by atoms with Crippen LogP contribution in [0.3, 0.4) is 0 Å². The number of sulfonamides is 1. The van der Waals surface area contributed by atoms with E-state index in [1.807, 2.05) is 6.92 Å². The molecule has 1 N–H and O–H groups in total. The zero-order chi connectivity index (χ0) is 18.9. The molecule has 3 rings (SSSR count). The Bertz CT molecular complexity index is 918. The lowest BCUT2D eigenvalue weighted by Gasteiger charge is -2.28. The molecule has 1 aromatic carbocycles. The second-order valence-electron chi connectivity index (χ2n) is 6.06. The van der Waals surface area contributed by atoms with Crippen LogP contribution in [0.4, 0.5) is 0 Å². The first kappa shape index (κ1) is 18.9. The van der Waals surface area contributed by atoms with Crippen LogP contribution in [0.15, 0.2) is 46.5 Å². The molecule has 1 amide bonds. The molecule has 1 aromatic rings. The fraction of sp³-hybridized carbons (Fsp3) is 0.294. The highest BCUT2D eigenvalue weighted by molar-refractivity contribution is 7.90. The third kappa shape index (κ3) is 3.95. The number of amidine groups is 1. The quantitative estimate of drug-likeness (QED) is 0.822. The Kier molecular flexibility index (Phi) is 5.41. The van der Waals surface area contributed by atoms with E-state index in [-0.39, 0.29) is 29.6 Å². The van der Waals surface area contributed by atoms with E-state index in [0.717, 1.165) is 5.56 Å². The first-order valence-corrected chi connectivity index (χ1v) is 10.4. The van der Waals surface area contributed by atoms with E-state index in [4.69, 9.17) is 23.2 Å². The summed E-state index contributed by atoms with van der Waals surface area (Å²) in [5.74, 6) is -0.435. The van der Waals surface area contributed by atoms with Gasteiger partial charge >= 0.3 is 0 Å². The van der Waals surface area contributed by atoms with Crippen LogP contribution in [-0.2, 0) is 14.8 Å². The molecule has 0 saturated carbocycles. The molecule has 1 unspecified atom stereocenters. The van der Waals surface area contributed by atoms with E-state index in [1.165, 1.54) is 0 Å². The Morgan fingerprint density at radius 2 is 2.04 bits per heavy atom. The van der Waals surface area contributed by atoms with Crippen molar-refractivity contribution in [3.8, 4) is 0 Å². The average Bonchev–Trinajstić information content (AvgIpc) is 2.58. The van der Waals surface area contributed by atoms with Gasteiger partial charge < -0.3 is 10.2 Å². The highest BCUT2D eigenvalue weighted by atomic mass is 35.5. The minimum absolute atomic E-state index is 0.0716. The van der Waals surface area contributed by atoms with Gasteiger partial charge in [0.1, 0.15) is 0 Å². The number of nitrogens with zero attached hydrogens (tertiary/aromatic N) is 2. The standard InChI is InChI=1S/C17H17Cl2N3O3S/c1-11(15-13(18)5-2-6-14(15)19)10-20-17(23)12-4-3-7-22-8-9-26(24,25)21-16(12)22/h2-7,11H,8-10H2,1H3,(H,20,23). The van der Waals surface area contributed by atoms with Crippen LogP contribution in [0.25, 0.3) is 0 Å². The number of carbonyl (C=O) groups is 1. The molecule has 6 nitrogen and oxygen atoms in total. The number of benzene rings is 1. The number of amides is 1. The number of halogens is 2. The molecular formula is C17H17Cl2N3O3S. The van der Waals surface area contributed by atoms with Crippen molar-refractivity contribution < 1.29 is 13.2 Å². The molecule has 1 atom stereocenters. The van der Waals surface area contributed by atoms with E-state index in [0.29, 0.717) is 16.6 Å². The van der Waals surface area contributed by atoms with E-state index in [2.05, 4.69) is 9.71 Å². The Labute approximate surface area is 162 Å². The number of rotatable bonds is 4. The maximum absolute atomic E-state index is 12.6. The summed E-state index contributed by atoms with van der Waals surface area (Å²) < 4.78 is 27.3. The lowest BCUT2D eigenvalue weighted by Crippen LogP contribution is -2.42. The van der Waals surface area contributed by atoms with Crippen LogP contribution in [0, 0.1) is 0 Å². The molecule has 0 fully saturated rings. The summed E-state index contributed by atoms with van der Waals surface area (Å²) in [6, 6.07) is 5.25. The van der Waals surface area contributed by atoms with Gasteiger partial charge in [-0.2, -0.15) is 0 Å². The summed E-state index contributed by atoms with van der Waals surface area (Å²) in [6.07, 6.45) is 4.95. The third-order valence-electron chi connectivity index (χ3n) is 4.16. The van der Waals surface area contributed by atoms with Crippen molar-refractivity contribution >= 4 is 45.0 Å². The number of allylic oxidation sites excluding steroid dienone is 2. The van der Waals surface area contributed by atoms with Crippen molar-refractivity contribution in [3.05, 3.63) is 57.7 Å². The zero-order valence-electron chi connectivity index (χ0n) is 13.9. The Hall–Kier alpha value is -1.83. The van der Waals surface area contributed by atoms with Crippen LogP contribution < -0.4 is 5.32 Å². The van der Waals surface area contributed by atoms with Crippen LogP contribution >= 0.6 is 23.2 Å². The fourth-order valence-corrected chi connectivity index (χ4v) is 4.57. The normalized spacial score (nSPS) is 19.3. The lowest BCUT2D eigenvalue weighted by atomic mass is 10.0. The van der Waals surface area contributed by atoms with Gasteiger partial charge in [-0.15, -0.1) is 4.40 Å². The van der Waals surface area contributed by atoms with E-state index in [1.54, 1.807) is 41.5 Å². The molecule has 2 aliphatic rings. The van der Waals surface area contributed by atoms with Gasteiger partial charge in [0.25, 0.3) is 15.9 Å². The number of carbonyl (C=O) groups excluding carboxylic acids is 1. The third-order valence-corrected chi connectivity index (χ3v) is 5.97. The molecule has 9 heteroatoms. The van der Waals surface area contributed by atoms with Gasteiger partial charge in [-0.1, -0.05) is 36.2 Å². The van der Waals surface area contributed by atoms with Gasteiger partial charge in [-0.3, -0.25) is 4.79 Å². The summed E-state index contributed by atoms with van der Waals surface area (Å²) >= 11 is 12.4. The molecular weight excluding hydrogens is 397 g/mol. The first-order chi connectivity index (χ1) is 12.3. The van der Waals surface area contributed by atoms with Crippen LogP contribution in [0.1, 0.15) is 18.4 Å². The van der Waals surface area contributed by atoms with Gasteiger partial charge in [0.15, 0.2) is 5.84 Å². The van der Waals surface area contributed by atoms with Crippen LogP contribution in [0.5, 0.6) is 0 Å². The van der Waals surface area contributed by atoms with Crippen molar-refractivity contribution in [2.24, 2.45) is 4.40 Å². The first-order valence-electron chi connectivity index (χ1n) is 7.99. The van der Waals surface area contributed by atoms with Crippen molar-refractivity contribution in [1.82, 2.24) is 10.2 Å². The van der Waals surface area contributed by atoms with Crippen LogP contribution in [-0.4, -0.2) is 43.9 Å². The Morgan fingerprint density at radius 1 is 1.35 bits per heavy atom. The highest BCUT2D eigenvalue weighted by Gasteiger charge is 2.30. The highest BCUT2D eigenvalue weighted by Crippen LogP contribution is 2.31. The van der Waals surface area contributed by atoms with Crippen molar-refractivity contribution in [2.75, 3.05) is 18.8 Å². The number of fused-ring (bicyclic) bond motifs is 1. The summed E-state index contributed by atoms with van der Waals surface area (Å²) in [6.45, 7) is 2.47. The molecule has 0 radical (unpaired) electrons. The van der Waals surface area contributed by atoms with Crippen molar-refractivity contribution in [2.45, 2.75) is 12.8 Å². The summed E-state index contributed by atoms with van der Waals surface area (Å²) in [7, 11) is -3.55. The fourth-order valence-electron chi connectivity index (χ4n) is 2.82. The van der Waals surface area contributed by atoms with Gasteiger partial charge in [0.2, 0.25) is 0 Å². The molecule has 138 valence electrons. The van der Waals surface area contributed by atoms with E-state index < -0.39 is 15.9 Å². The molecule has 26 heavy (non-hydrogen) atoms. The summed E-state index contributed by atoms with van der Waals surface area (Å²) in [4.78, 5) is 14.2. The lowest BCUT2D eigenvalue weighted by molar-refractivity contribution is -0.117. The Balaban J connectivity index is 1.75. The van der Waals surface area contributed by atoms with E-state index in [9.17, 15) is 13.2 Å². The average molecular weight is 414 g/mol. The zero-order valence-corrected chi connectivity index (χ0v) is 16.3. The molecule has 2 heterocycles. The van der Waals surface area contributed by atoms with Crippen molar-refractivity contribution in [1.29, 1.82) is 0 Å². The Morgan fingerprint density at radius 3 is 2.73 bits per heavy atom. The van der Waals surface area contributed by atoms with E-state index >= 15 is 0 Å². The van der Waals surface area contributed by atoms with Crippen LogP contribution in [0.2, 0.25) is 10.0 Å². The van der Waals surface area contributed by atoms with Gasteiger partial charge in [-0.05, 0) is 29.8 Å². The van der Waals surface area contributed by atoms with Gasteiger partial charge in [0.05, 0.1) is 11.3 Å². The topological polar surface area (TPSA) is 78.8 Å².